The number of aryl methyl sites for hydroxylation is 2. The van der Waals surface area contributed by atoms with Crippen molar-refractivity contribution in [3.63, 3.8) is 0 Å². The molecule has 3 nitrogen and oxygen atoms in total. The third-order valence-electron chi connectivity index (χ3n) is 4.23. The molecule has 1 saturated heterocycles. The van der Waals surface area contributed by atoms with Crippen LogP contribution < -0.4 is 10.6 Å². The molecule has 0 radical (unpaired) electrons. The van der Waals surface area contributed by atoms with Crippen LogP contribution in [0.4, 0.5) is 5.69 Å². The molecule has 17 heavy (non-hydrogen) atoms. The Morgan fingerprint density at radius 1 is 1.12 bits per heavy atom. The predicted octanol–water partition coefficient (Wildman–Crippen LogP) is 1.88. The number of piperidine rings is 1. The summed E-state index contributed by atoms with van der Waals surface area (Å²) in [6, 6.07) is 4.23. The molecule has 0 atom stereocenters. The van der Waals surface area contributed by atoms with E-state index >= 15 is 0 Å². The molecular weight excluding hydrogens is 212 g/mol. The zero-order chi connectivity index (χ0) is 12.0. The quantitative estimate of drug-likeness (QED) is 0.714. The first-order chi connectivity index (χ1) is 8.15. The molecule has 0 unspecified atom stereocenters. The molecule has 1 aromatic rings. The first-order valence-electron chi connectivity index (χ1n) is 6.28. The van der Waals surface area contributed by atoms with Crippen molar-refractivity contribution in [3.05, 3.63) is 28.8 Å². The zero-order valence-corrected chi connectivity index (χ0v) is 10.4. The van der Waals surface area contributed by atoms with Crippen LogP contribution in [0.15, 0.2) is 12.1 Å². The smallest absolute Gasteiger partial charge is 0.235 e. The summed E-state index contributed by atoms with van der Waals surface area (Å²) >= 11 is 0. The van der Waals surface area contributed by atoms with Gasteiger partial charge in [0, 0.05) is 5.69 Å². The van der Waals surface area contributed by atoms with Crippen LogP contribution >= 0.6 is 0 Å². The minimum atomic E-state index is -0.267. The first-order valence-corrected chi connectivity index (χ1v) is 6.28. The first kappa shape index (κ1) is 10.8. The number of fused-ring (bicyclic) bond motifs is 2. The zero-order valence-electron chi connectivity index (χ0n) is 10.4. The molecule has 1 aromatic carbocycles. The molecule has 1 fully saturated rings. The molecule has 3 rings (SSSR count). The molecule has 2 N–H and O–H groups in total. The van der Waals surface area contributed by atoms with E-state index in [1.54, 1.807) is 0 Å². The molecule has 2 aliphatic rings. The second-order valence-corrected chi connectivity index (χ2v) is 5.24. The Bertz CT molecular complexity index is 487. The average molecular weight is 230 g/mol. The molecule has 1 spiro atoms. The van der Waals surface area contributed by atoms with Gasteiger partial charge in [-0.2, -0.15) is 0 Å². The Morgan fingerprint density at radius 2 is 1.76 bits per heavy atom. The van der Waals surface area contributed by atoms with Gasteiger partial charge in [-0.3, -0.25) is 4.79 Å². The van der Waals surface area contributed by atoms with Gasteiger partial charge >= 0.3 is 0 Å². The topological polar surface area (TPSA) is 41.1 Å². The van der Waals surface area contributed by atoms with E-state index in [9.17, 15) is 4.79 Å². The number of nitrogens with one attached hydrogen (secondary N) is 2. The molecule has 0 aliphatic carbocycles. The Balaban J connectivity index is 2.21. The Kier molecular flexibility index (Phi) is 2.26. The molecule has 0 aromatic heterocycles. The summed E-state index contributed by atoms with van der Waals surface area (Å²) < 4.78 is 0. The lowest BCUT2D eigenvalue weighted by atomic mass is 9.72. The van der Waals surface area contributed by atoms with Crippen LogP contribution in [0.3, 0.4) is 0 Å². The maximum Gasteiger partial charge on any atom is 0.235 e. The SMILES string of the molecule is Cc1ccc(C)c2c1NC(=O)C21CCNCC1. The van der Waals surface area contributed by atoms with E-state index in [1.165, 1.54) is 16.7 Å². The van der Waals surface area contributed by atoms with Crippen LogP contribution in [0.2, 0.25) is 0 Å². The molecule has 2 aliphatic heterocycles. The van der Waals surface area contributed by atoms with Gasteiger partial charge in [0.05, 0.1) is 5.41 Å². The Labute approximate surface area is 102 Å². The minimum absolute atomic E-state index is 0.200. The van der Waals surface area contributed by atoms with Crippen molar-refractivity contribution in [2.24, 2.45) is 0 Å². The molecule has 3 heteroatoms. The third kappa shape index (κ3) is 1.35. The van der Waals surface area contributed by atoms with Gasteiger partial charge in [-0.05, 0) is 56.5 Å². The lowest BCUT2D eigenvalue weighted by Crippen LogP contribution is -2.44. The summed E-state index contributed by atoms with van der Waals surface area (Å²) in [5.74, 6) is 0.200. The second kappa shape index (κ2) is 3.57. The highest BCUT2D eigenvalue weighted by atomic mass is 16.2. The summed E-state index contributed by atoms with van der Waals surface area (Å²) in [7, 11) is 0. The van der Waals surface area contributed by atoms with Crippen LogP contribution in [0.25, 0.3) is 0 Å². The van der Waals surface area contributed by atoms with Crippen molar-refractivity contribution in [1.82, 2.24) is 5.32 Å². The van der Waals surface area contributed by atoms with Gasteiger partial charge < -0.3 is 10.6 Å². The van der Waals surface area contributed by atoms with Gasteiger partial charge in [-0.1, -0.05) is 12.1 Å². The van der Waals surface area contributed by atoms with E-state index in [-0.39, 0.29) is 11.3 Å². The molecule has 90 valence electrons. The lowest BCUT2D eigenvalue weighted by molar-refractivity contribution is -0.121. The number of carbonyl (C=O) groups excluding carboxylic acids is 1. The fourth-order valence-corrected chi connectivity index (χ4v) is 3.27. The van der Waals surface area contributed by atoms with Crippen molar-refractivity contribution >= 4 is 11.6 Å². The van der Waals surface area contributed by atoms with Gasteiger partial charge in [-0.15, -0.1) is 0 Å². The number of hydrogen-bond acceptors (Lipinski definition) is 2. The average Bonchev–Trinajstić information content (AvgIpc) is 2.61. The van der Waals surface area contributed by atoms with Crippen LogP contribution in [-0.2, 0) is 10.2 Å². The molecule has 1 amide bonds. The Morgan fingerprint density at radius 3 is 2.47 bits per heavy atom. The highest BCUT2D eigenvalue weighted by Crippen LogP contribution is 2.46. The minimum Gasteiger partial charge on any atom is -0.325 e. The summed E-state index contributed by atoms with van der Waals surface area (Å²) in [6.07, 6.45) is 1.83. The number of anilines is 1. The fraction of sp³-hybridized carbons (Fsp3) is 0.500. The Hall–Kier alpha value is -1.35. The molecular formula is C14H18N2O. The standard InChI is InChI=1S/C14H18N2O/c1-9-3-4-10(2)12-11(9)14(13(17)16-12)5-7-15-8-6-14/h3-4,15H,5-8H2,1-2H3,(H,16,17). The number of carbonyl (C=O) groups is 1. The summed E-state index contributed by atoms with van der Waals surface area (Å²) in [5.41, 5.74) is 4.47. The fourth-order valence-electron chi connectivity index (χ4n) is 3.27. The van der Waals surface area contributed by atoms with E-state index in [0.29, 0.717) is 0 Å². The van der Waals surface area contributed by atoms with Crippen LogP contribution in [0.1, 0.15) is 29.5 Å². The van der Waals surface area contributed by atoms with E-state index in [1.807, 2.05) is 0 Å². The summed E-state index contributed by atoms with van der Waals surface area (Å²) in [5, 5.41) is 6.44. The van der Waals surface area contributed by atoms with E-state index < -0.39 is 0 Å². The van der Waals surface area contributed by atoms with Gasteiger partial charge in [0.1, 0.15) is 0 Å². The predicted molar refractivity (Wildman–Crippen MR) is 68.3 cm³/mol. The highest BCUT2D eigenvalue weighted by molar-refractivity contribution is 6.07. The maximum absolute atomic E-state index is 12.4. The van der Waals surface area contributed by atoms with Crippen LogP contribution in [-0.4, -0.2) is 19.0 Å². The van der Waals surface area contributed by atoms with Gasteiger partial charge in [0.25, 0.3) is 0 Å². The van der Waals surface area contributed by atoms with E-state index in [4.69, 9.17) is 0 Å². The van der Waals surface area contributed by atoms with Crippen molar-refractivity contribution in [2.45, 2.75) is 32.1 Å². The number of amides is 1. The largest absolute Gasteiger partial charge is 0.325 e. The summed E-state index contributed by atoms with van der Waals surface area (Å²) in [4.78, 5) is 12.4. The van der Waals surface area contributed by atoms with Crippen LogP contribution in [0.5, 0.6) is 0 Å². The van der Waals surface area contributed by atoms with Crippen molar-refractivity contribution < 1.29 is 4.79 Å². The van der Waals surface area contributed by atoms with E-state index in [2.05, 4.69) is 36.6 Å². The molecule has 0 saturated carbocycles. The van der Waals surface area contributed by atoms with Crippen molar-refractivity contribution in [1.29, 1.82) is 0 Å². The normalized spacial score (nSPS) is 21.4. The van der Waals surface area contributed by atoms with Crippen molar-refractivity contribution in [2.75, 3.05) is 18.4 Å². The third-order valence-corrected chi connectivity index (χ3v) is 4.23. The van der Waals surface area contributed by atoms with Crippen LogP contribution in [0, 0.1) is 13.8 Å². The monoisotopic (exact) mass is 230 g/mol. The maximum atomic E-state index is 12.4. The molecule has 2 heterocycles. The van der Waals surface area contributed by atoms with Gasteiger partial charge in [-0.25, -0.2) is 0 Å². The number of hydrogen-bond donors (Lipinski definition) is 2. The number of rotatable bonds is 0. The van der Waals surface area contributed by atoms with Crippen molar-refractivity contribution in [3.8, 4) is 0 Å². The molecule has 0 bridgehead atoms. The summed E-state index contributed by atoms with van der Waals surface area (Å²) in [6.45, 7) is 6.04. The number of benzene rings is 1. The lowest BCUT2D eigenvalue weighted by Gasteiger charge is -2.33. The van der Waals surface area contributed by atoms with Gasteiger partial charge in [0.15, 0.2) is 0 Å². The van der Waals surface area contributed by atoms with E-state index in [0.717, 1.165) is 31.6 Å². The highest BCUT2D eigenvalue weighted by Gasteiger charge is 2.48. The van der Waals surface area contributed by atoms with Gasteiger partial charge in [0.2, 0.25) is 5.91 Å². The second-order valence-electron chi connectivity index (χ2n) is 5.24.